The molecule has 1 amide bonds. The van der Waals surface area contributed by atoms with E-state index in [1.807, 2.05) is 26.8 Å². The number of nitrogens with two attached hydrogens (primary N) is 1. The number of hydrogen-bond acceptors (Lipinski definition) is 3. The molecule has 4 nitrogen and oxygen atoms in total. The lowest BCUT2D eigenvalue weighted by Gasteiger charge is -2.24. The zero-order chi connectivity index (χ0) is 15.6. The summed E-state index contributed by atoms with van der Waals surface area (Å²) in [4.78, 5) is 13.8. The third-order valence-electron chi connectivity index (χ3n) is 3.67. The average Bonchev–Trinajstić information content (AvgIpc) is 2.81. The van der Waals surface area contributed by atoms with Gasteiger partial charge in [-0.1, -0.05) is 12.1 Å². The standard InChI is InChI=1S/C16H23FN2O2/c1-16(2,3)21-15(20)19-9-12(8-18)14(10-19)11-5-4-6-13(17)7-11/h4-7,12,14H,8-10,18H2,1-3H3/t12-,14+/m1/s1. The highest BCUT2D eigenvalue weighted by Crippen LogP contribution is 2.33. The number of carbonyl (C=O) groups excluding carboxylic acids is 1. The first-order valence-corrected chi connectivity index (χ1v) is 7.23. The molecule has 0 aliphatic carbocycles. The first kappa shape index (κ1) is 15.8. The molecule has 2 atom stereocenters. The maximum Gasteiger partial charge on any atom is 0.410 e. The van der Waals surface area contributed by atoms with Gasteiger partial charge >= 0.3 is 6.09 Å². The minimum atomic E-state index is -0.522. The molecule has 21 heavy (non-hydrogen) atoms. The second-order valence-electron chi connectivity index (χ2n) is 6.54. The number of rotatable bonds is 2. The van der Waals surface area contributed by atoms with Gasteiger partial charge in [-0.05, 0) is 50.9 Å². The summed E-state index contributed by atoms with van der Waals surface area (Å²) < 4.78 is 18.8. The number of ether oxygens (including phenoxy) is 1. The van der Waals surface area contributed by atoms with E-state index in [-0.39, 0.29) is 23.7 Å². The van der Waals surface area contributed by atoms with Gasteiger partial charge in [0, 0.05) is 19.0 Å². The van der Waals surface area contributed by atoms with E-state index in [1.54, 1.807) is 11.0 Å². The van der Waals surface area contributed by atoms with E-state index in [9.17, 15) is 9.18 Å². The van der Waals surface area contributed by atoms with Crippen LogP contribution in [-0.2, 0) is 4.74 Å². The Bertz CT molecular complexity index is 513. The van der Waals surface area contributed by atoms with Crippen molar-refractivity contribution in [3.05, 3.63) is 35.6 Å². The number of nitrogens with zero attached hydrogens (tertiary/aromatic N) is 1. The Morgan fingerprint density at radius 2 is 2.14 bits per heavy atom. The fourth-order valence-corrected chi connectivity index (χ4v) is 2.70. The summed E-state index contributed by atoms with van der Waals surface area (Å²) >= 11 is 0. The molecular formula is C16H23FN2O2. The van der Waals surface area contributed by atoms with E-state index in [0.717, 1.165) is 5.56 Å². The second kappa shape index (κ2) is 6.02. The summed E-state index contributed by atoms with van der Waals surface area (Å²) in [7, 11) is 0. The molecule has 0 saturated carbocycles. The zero-order valence-electron chi connectivity index (χ0n) is 12.8. The molecule has 0 aromatic heterocycles. The van der Waals surface area contributed by atoms with Crippen LogP contribution in [0.5, 0.6) is 0 Å². The highest BCUT2D eigenvalue weighted by molar-refractivity contribution is 5.68. The summed E-state index contributed by atoms with van der Waals surface area (Å²) in [6.45, 7) is 7.04. The van der Waals surface area contributed by atoms with Gasteiger partial charge < -0.3 is 15.4 Å². The van der Waals surface area contributed by atoms with Gasteiger partial charge in [-0.15, -0.1) is 0 Å². The van der Waals surface area contributed by atoms with Gasteiger partial charge in [0.15, 0.2) is 0 Å². The predicted molar refractivity (Wildman–Crippen MR) is 79.5 cm³/mol. The fourth-order valence-electron chi connectivity index (χ4n) is 2.70. The average molecular weight is 294 g/mol. The summed E-state index contributed by atoms with van der Waals surface area (Å²) in [6, 6.07) is 6.51. The summed E-state index contributed by atoms with van der Waals surface area (Å²) in [6.07, 6.45) is -0.333. The normalized spacial score (nSPS) is 22.4. The molecule has 1 fully saturated rings. The van der Waals surface area contributed by atoms with Gasteiger partial charge in [0.05, 0.1) is 0 Å². The Hall–Kier alpha value is -1.62. The Kier molecular flexibility index (Phi) is 4.52. The van der Waals surface area contributed by atoms with Crippen molar-refractivity contribution in [3.63, 3.8) is 0 Å². The monoisotopic (exact) mass is 294 g/mol. The van der Waals surface area contributed by atoms with Crippen molar-refractivity contribution in [2.75, 3.05) is 19.6 Å². The molecule has 0 bridgehead atoms. The van der Waals surface area contributed by atoms with E-state index in [4.69, 9.17) is 10.5 Å². The maximum absolute atomic E-state index is 13.4. The van der Waals surface area contributed by atoms with Crippen LogP contribution in [0.15, 0.2) is 24.3 Å². The molecule has 5 heteroatoms. The first-order valence-electron chi connectivity index (χ1n) is 7.23. The molecule has 0 unspecified atom stereocenters. The number of carbonyl (C=O) groups is 1. The predicted octanol–water partition coefficient (Wildman–Crippen LogP) is 2.73. The number of benzene rings is 1. The van der Waals surface area contributed by atoms with Crippen molar-refractivity contribution in [3.8, 4) is 0 Å². The molecule has 116 valence electrons. The highest BCUT2D eigenvalue weighted by Gasteiger charge is 2.37. The van der Waals surface area contributed by atoms with E-state index in [2.05, 4.69) is 0 Å². The zero-order valence-corrected chi connectivity index (χ0v) is 12.8. The lowest BCUT2D eigenvalue weighted by Crippen LogP contribution is -2.35. The minimum absolute atomic E-state index is 0.0539. The van der Waals surface area contributed by atoms with E-state index < -0.39 is 5.60 Å². The molecular weight excluding hydrogens is 271 g/mol. The van der Waals surface area contributed by atoms with Crippen LogP contribution in [-0.4, -0.2) is 36.2 Å². The quantitative estimate of drug-likeness (QED) is 0.912. The van der Waals surface area contributed by atoms with E-state index in [1.165, 1.54) is 12.1 Å². The van der Waals surface area contributed by atoms with Gasteiger partial charge in [0.25, 0.3) is 0 Å². The molecule has 0 spiro atoms. The number of halogens is 1. The second-order valence-corrected chi connectivity index (χ2v) is 6.54. The van der Waals surface area contributed by atoms with Gasteiger partial charge in [-0.3, -0.25) is 0 Å². The lowest BCUT2D eigenvalue weighted by molar-refractivity contribution is 0.0287. The Morgan fingerprint density at radius 3 is 2.71 bits per heavy atom. The van der Waals surface area contributed by atoms with Crippen LogP contribution < -0.4 is 5.73 Å². The SMILES string of the molecule is CC(C)(C)OC(=O)N1C[C@@H](CN)[C@H](c2cccc(F)c2)C1. The lowest BCUT2D eigenvalue weighted by atomic mass is 9.89. The van der Waals surface area contributed by atoms with Crippen molar-refractivity contribution in [2.24, 2.45) is 11.7 Å². The summed E-state index contributed by atoms with van der Waals surface area (Å²) in [5.41, 5.74) is 6.18. The molecule has 2 N–H and O–H groups in total. The van der Waals surface area contributed by atoms with Crippen LogP contribution >= 0.6 is 0 Å². The van der Waals surface area contributed by atoms with Crippen LogP contribution in [0.4, 0.5) is 9.18 Å². The summed E-state index contributed by atoms with van der Waals surface area (Å²) in [5, 5.41) is 0. The van der Waals surface area contributed by atoms with Crippen molar-refractivity contribution in [1.82, 2.24) is 4.90 Å². The van der Waals surface area contributed by atoms with Crippen molar-refractivity contribution in [2.45, 2.75) is 32.3 Å². The molecule has 2 rings (SSSR count). The minimum Gasteiger partial charge on any atom is -0.444 e. The molecule has 1 aliphatic rings. The number of hydrogen-bond donors (Lipinski definition) is 1. The maximum atomic E-state index is 13.4. The van der Waals surface area contributed by atoms with Crippen LogP contribution in [0.25, 0.3) is 0 Å². The third-order valence-corrected chi connectivity index (χ3v) is 3.67. The van der Waals surface area contributed by atoms with E-state index >= 15 is 0 Å². The largest absolute Gasteiger partial charge is 0.444 e. The molecule has 1 saturated heterocycles. The summed E-state index contributed by atoms with van der Waals surface area (Å²) in [5.74, 6) is -0.0865. The Balaban J connectivity index is 2.12. The molecule has 0 radical (unpaired) electrons. The number of likely N-dealkylation sites (tertiary alicyclic amines) is 1. The molecule has 1 heterocycles. The highest BCUT2D eigenvalue weighted by atomic mass is 19.1. The van der Waals surface area contributed by atoms with E-state index in [0.29, 0.717) is 19.6 Å². The van der Waals surface area contributed by atoms with Crippen molar-refractivity contribution < 1.29 is 13.9 Å². The van der Waals surface area contributed by atoms with Crippen LogP contribution in [0, 0.1) is 11.7 Å². The smallest absolute Gasteiger partial charge is 0.410 e. The third kappa shape index (κ3) is 3.94. The van der Waals surface area contributed by atoms with Crippen LogP contribution in [0.3, 0.4) is 0 Å². The van der Waals surface area contributed by atoms with Crippen molar-refractivity contribution in [1.29, 1.82) is 0 Å². The molecule has 1 aliphatic heterocycles. The first-order chi connectivity index (χ1) is 9.80. The molecule has 1 aromatic rings. The van der Waals surface area contributed by atoms with Gasteiger partial charge in [-0.25, -0.2) is 9.18 Å². The topological polar surface area (TPSA) is 55.6 Å². The Morgan fingerprint density at radius 1 is 1.43 bits per heavy atom. The fraction of sp³-hybridized carbons (Fsp3) is 0.562. The van der Waals surface area contributed by atoms with Gasteiger partial charge in [-0.2, -0.15) is 0 Å². The van der Waals surface area contributed by atoms with Crippen LogP contribution in [0.2, 0.25) is 0 Å². The van der Waals surface area contributed by atoms with Gasteiger partial charge in [0.2, 0.25) is 0 Å². The van der Waals surface area contributed by atoms with Gasteiger partial charge in [0.1, 0.15) is 11.4 Å². The number of amides is 1. The molecule has 1 aromatic carbocycles. The van der Waals surface area contributed by atoms with Crippen LogP contribution in [0.1, 0.15) is 32.3 Å². The Labute approximate surface area is 125 Å². The van der Waals surface area contributed by atoms with Crippen molar-refractivity contribution >= 4 is 6.09 Å².